The van der Waals surface area contributed by atoms with E-state index in [9.17, 15) is 4.39 Å². The molecule has 1 unspecified atom stereocenters. The molecule has 1 aliphatic carbocycles. The topological polar surface area (TPSA) is 21.3 Å². The number of likely N-dealkylation sites (N-methyl/N-ethyl adjacent to an activating group) is 1. The molecule has 0 aliphatic heterocycles. The van der Waals surface area contributed by atoms with E-state index in [2.05, 4.69) is 12.2 Å². The predicted octanol–water partition coefficient (Wildman–Crippen LogP) is 2.90. The Hall–Kier alpha value is -1.09. The van der Waals surface area contributed by atoms with E-state index in [1.54, 1.807) is 12.1 Å². The highest BCUT2D eigenvalue weighted by atomic mass is 19.1. The smallest absolute Gasteiger partial charge is 0.165 e. The summed E-state index contributed by atoms with van der Waals surface area (Å²) in [7, 11) is 0. The summed E-state index contributed by atoms with van der Waals surface area (Å²) in [5, 5.41) is 3.40. The minimum absolute atomic E-state index is 0.276. The van der Waals surface area contributed by atoms with Crippen molar-refractivity contribution in [2.24, 2.45) is 5.92 Å². The van der Waals surface area contributed by atoms with Gasteiger partial charge in [-0.15, -0.1) is 0 Å². The fourth-order valence-electron chi connectivity index (χ4n) is 2.02. The van der Waals surface area contributed by atoms with Crippen LogP contribution in [-0.2, 0) is 0 Å². The monoisotopic (exact) mass is 237 g/mol. The molecular formula is C14H20FNO. The van der Waals surface area contributed by atoms with Gasteiger partial charge in [0.05, 0.1) is 0 Å². The minimum atomic E-state index is -0.276. The second-order valence-corrected chi connectivity index (χ2v) is 4.75. The van der Waals surface area contributed by atoms with E-state index in [1.165, 1.54) is 18.9 Å². The van der Waals surface area contributed by atoms with Gasteiger partial charge in [-0.25, -0.2) is 4.39 Å². The van der Waals surface area contributed by atoms with Gasteiger partial charge in [0.2, 0.25) is 0 Å². The highest BCUT2D eigenvalue weighted by Crippen LogP contribution is 2.33. The Morgan fingerprint density at radius 3 is 2.88 bits per heavy atom. The van der Waals surface area contributed by atoms with Crippen molar-refractivity contribution < 1.29 is 9.13 Å². The van der Waals surface area contributed by atoms with Crippen LogP contribution in [0.1, 0.15) is 25.3 Å². The molecule has 0 amide bonds. The number of rotatable bonds is 6. The van der Waals surface area contributed by atoms with E-state index in [1.807, 2.05) is 6.92 Å². The van der Waals surface area contributed by atoms with Crippen molar-refractivity contribution in [1.29, 1.82) is 0 Å². The normalized spacial score (nSPS) is 16.9. The third-order valence-corrected chi connectivity index (χ3v) is 3.16. The Bertz CT molecular complexity index is 376. The van der Waals surface area contributed by atoms with Crippen LogP contribution in [0.2, 0.25) is 0 Å². The zero-order valence-electron chi connectivity index (χ0n) is 10.5. The van der Waals surface area contributed by atoms with E-state index in [0.29, 0.717) is 24.3 Å². The van der Waals surface area contributed by atoms with Gasteiger partial charge in [-0.05, 0) is 49.9 Å². The van der Waals surface area contributed by atoms with Crippen LogP contribution in [0.5, 0.6) is 5.75 Å². The molecule has 1 saturated carbocycles. The average Bonchev–Trinajstić information content (AvgIpc) is 3.12. The van der Waals surface area contributed by atoms with Crippen molar-refractivity contribution in [2.45, 2.75) is 32.7 Å². The van der Waals surface area contributed by atoms with Gasteiger partial charge in [0, 0.05) is 6.04 Å². The molecule has 0 aromatic heterocycles. The van der Waals surface area contributed by atoms with Gasteiger partial charge < -0.3 is 10.1 Å². The van der Waals surface area contributed by atoms with E-state index in [4.69, 9.17) is 4.74 Å². The first-order valence-corrected chi connectivity index (χ1v) is 6.33. The zero-order valence-corrected chi connectivity index (χ0v) is 10.5. The number of benzene rings is 1. The number of halogens is 1. The molecule has 94 valence electrons. The summed E-state index contributed by atoms with van der Waals surface area (Å²) < 4.78 is 19.1. The van der Waals surface area contributed by atoms with Crippen LogP contribution in [0, 0.1) is 18.7 Å². The van der Waals surface area contributed by atoms with Gasteiger partial charge >= 0.3 is 0 Å². The summed E-state index contributed by atoms with van der Waals surface area (Å²) in [4.78, 5) is 0. The second kappa shape index (κ2) is 5.50. The molecule has 0 bridgehead atoms. The Labute approximate surface area is 102 Å². The largest absolute Gasteiger partial charge is 0.489 e. The lowest BCUT2D eigenvalue weighted by atomic mass is 10.2. The maximum absolute atomic E-state index is 13.5. The Kier molecular flexibility index (Phi) is 4.00. The zero-order chi connectivity index (χ0) is 12.3. The number of ether oxygens (including phenoxy) is 1. The van der Waals surface area contributed by atoms with E-state index in [-0.39, 0.29) is 5.82 Å². The van der Waals surface area contributed by atoms with E-state index >= 15 is 0 Å². The summed E-state index contributed by atoms with van der Waals surface area (Å²) in [6.07, 6.45) is 2.52. The van der Waals surface area contributed by atoms with Gasteiger partial charge in [0.15, 0.2) is 11.6 Å². The van der Waals surface area contributed by atoms with Gasteiger partial charge in [0.1, 0.15) is 6.61 Å². The molecule has 0 spiro atoms. The molecule has 3 heteroatoms. The molecule has 1 fully saturated rings. The fraction of sp³-hybridized carbons (Fsp3) is 0.571. The second-order valence-electron chi connectivity index (χ2n) is 4.75. The molecule has 1 N–H and O–H groups in total. The minimum Gasteiger partial charge on any atom is -0.489 e. The van der Waals surface area contributed by atoms with E-state index < -0.39 is 0 Å². The van der Waals surface area contributed by atoms with Crippen LogP contribution < -0.4 is 10.1 Å². The van der Waals surface area contributed by atoms with E-state index in [0.717, 1.165) is 12.1 Å². The Morgan fingerprint density at radius 2 is 2.24 bits per heavy atom. The number of hydrogen-bond acceptors (Lipinski definition) is 2. The third-order valence-electron chi connectivity index (χ3n) is 3.16. The highest BCUT2D eigenvalue weighted by molar-refractivity contribution is 5.29. The van der Waals surface area contributed by atoms with Crippen molar-refractivity contribution >= 4 is 0 Å². The Morgan fingerprint density at radius 1 is 1.47 bits per heavy atom. The summed E-state index contributed by atoms with van der Waals surface area (Å²) in [6.45, 7) is 5.51. The van der Waals surface area contributed by atoms with Crippen LogP contribution in [0.25, 0.3) is 0 Å². The van der Waals surface area contributed by atoms with Crippen LogP contribution in [0.4, 0.5) is 4.39 Å². The van der Waals surface area contributed by atoms with Gasteiger partial charge in [0.25, 0.3) is 0 Å². The first kappa shape index (κ1) is 12.4. The molecule has 1 aromatic carbocycles. The van der Waals surface area contributed by atoms with Crippen LogP contribution in [0.3, 0.4) is 0 Å². The summed E-state index contributed by atoms with van der Waals surface area (Å²) in [5.41, 5.74) is 1.02. The number of hydrogen-bond donors (Lipinski definition) is 1. The molecule has 0 heterocycles. The van der Waals surface area contributed by atoms with Crippen molar-refractivity contribution in [3.8, 4) is 5.75 Å². The van der Waals surface area contributed by atoms with Crippen molar-refractivity contribution in [3.63, 3.8) is 0 Å². The van der Waals surface area contributed by atoms with Crippen molar-refractivity contribution in [2.75, 3.05) is 13.2 Å². The first-order chi connectivity index (χ1) is 8.20. The summed E-state index contributed by atoms with van der Waals surface area (Å²) >= 11 is 0. The molecule has 2 rings (SSSR count). The fourth-order valence-corrected chi connectivity index (χ4v) is 2.02. The van der Waals surface area contributed by atoms with Crippen LogP contribution in [-0.4, -0.2) is 19.2 Å². The molecule has 2 nitrogen and oxygen atoms in total. The average molecular weight is 237 g/mol. The maximum atomic E-state index is 13.5. The lowest BCUT2D eigenvalue weighted by molar-refractivity contribution is 0.241. The summed E-state index contributed by atoms with van der Waals surface area (Å²) in [5.74, 6) is 0.804. The molecule has 1 atom stereocenters. The van der Waals surface area contributed by atoms with Crippen molar-refractivity contribution in [1.82, 2.24) is 5.32 Å². The predicted molar refractivity (Wildman–Crippen MR) is 66.8 cm³/mol. The lowest BCUT2D eigenvalue weighted by Crippen LogP contribution is -2.36. The van der Waals surface area contributed by atoms with Gasteiger partial charge in [-0.2, -0.15) is 0 Å². The molecule has 0 saturated heterocycles. The maximum Gasteiger partial charge on any atom is 0.165 e. The van der Waals surface area contributed by atoms with Crippen molar-refractivity contribution in [3.05, 3.63) is 29.6 Å². The van der Waals surface area contributed by atoms with Crippen LogP contribution >= 0.6 is 0 Å². The third kappa shape index (κ3) is 3.43. The molecule has 0 radical (unpaired) electrons. The lowest BCUT2D eigenvalue weighted by Gasteiger charge is -2.18. The van der Waals surface area contributed by atoms with Gasteiger partial charge in [-0.1, -0.05) is 13.0 Å². The van der Waals surface area contributed by atoms with Crippen LogP contribution in [0.15, 0.2) is 18.2 Å². The molecule has 17 heavy (non-hydrogen) atoms. The molecular weight excluding hydrogens is 217 g/mol. The first-order valence-electron chi connectivity index (χ1n) is 6.33. The standard InChI is InChI=1S/C14H20FNO/c1-3-16-13(11-5-6-11)9-17-14-8-10(2)4-7-12(14)15/h4,7-8,11,13,16H,3,5-6,9H2,1-2H3. The molecule has 1 aromatic rings. The molecule has 1 aliphatic rings. The highest BCUT2D eigenvalue weighted by Gasteiger charge is 2.31. The number of nitrogens with one attached hydrogen (secondary N) is 1. The Balaban J connectivity index is 1.93. The van der Waals surface area contributed by atoms with Gasteiger partial charge in [-0.3, -0.25) is 0 Å². The summed E-state index contributed by atoms with van der Waals surface area (Å²) in [6, 6.07) is 5.33. The number of aryl methyl sites for hydroxylation is 1. The quantitative estimate of drug-likeness (QED) is 0.821. The SMILES string of the molecule is CCNC(COc1cc(C)ccc1F)C1CC1.